The number of methoxy groups -OCH3 is 1. The van der Waals surface area contributed by atoms with Gasteiger partial charge in [-0.3, -0.25) is 14.2 Å². The molecule has 2 aliphatic rings. The van der Waals surface area contributed by atoms with Crippen molar-refractivity contribution in [3.8, 4) is 23.2 Å². The Hall–Kier alpha value is -4.84. The first-order valence-corrected chi connectivity index (χ1v) is 14.6. The summed E-state index contributed by atoms with van der Waals surface area (Å²) >= 11 is 6.43. The molecule has 2 atom stereocenters. The summed E-state index contributed by atoms with van der Waals surface area (Å²) in [6.45, 7) is 3.32. The molecule has 44 heavy (non-hydrogen) atoms. The number of anilines is 1. The molecule has 0 radical (unpaired) electrons. The average Bonchev–Trinajstić information content (AvgIpc) is 3.73. The number of nitrogens with zero attached hydrogens (tertiary/aromatic N) is 6. The summed E-state index contributed by atoms with van der Waals surface area (Å²) in [6, 6.07) is 14.2. The molecule has 4 heterocycles. The van der Waals surface area contributed by atoms with E-state index in [9.17, 15) is 9.59 Å². The maximum Gasteiger partial charge on any atom is 0.238 e. The molecule has 2 unspecified atom stereocenters. The first kappa shape index (κ1) is 29.2. The molecule has 1 fully saturated rings. The van der Waals surface area contributed by atoms with Crippen molar-refractivity contribution in [3.05, 3.63) is 83.5 Å². The van der Waals surface area contributed by atoms with Gasteiger partial charge >= 0.3 is 0 Å². The molecule has 228 valence electrons. The van der Waals surface area contributed by atoms with E-state index in [1.807, 2.05) is 54.3 Å². The second-order valence-electron chi connectivity index (χ2n) is 10.6. The monoisotopic (exact) mass is 617 g/mol. The van der Waals surface area contributed by atoms with Crippen LogP contribution in [0.4, 0.5) is 5.82 Å². The Labute approximate surface area is 259 Å². The fourth-order valence-corrected chi connectivity index (χ4v) is 5.61. The Balaban J connectivity index is 1.21. The number of ether oxygens (including phenoxy) is 3. The molecule has 0 spiro atoms. The lowest BCUT2D eigenvalue weighted by Crippen LogP contribution is -2.56. The molecule has 1 saturated heterocycles. The van der Waals surface area contributed by atoms with Crippen molar-refractivity contribution in [1.29, 1.82) is 0 Å². The van der Waals surface area contributed by atoms with E-state index in [2.05, 4.69) is 15.3 Å². The highest BCUT2D eigenvalue weighted by molar-refractivity contribution is 6.29. The van der Waals surface area contributed by atoms with Crippen LogP contribution >= 0.6 is 11.6 Å². The van der Waals surface area contributed by atoms with E-state index in [0.29, 0.717) is 48.6 Å². The number of carbonyl (C=O) groups excluding carboxylic acids is 2. The third-order valence-corrected chi connectivity index (χ3v) is 7.91. The Morgan fingerprint density at radius 1 is 1.11 bits per heavy atom. The van der Waals surface area contributed by atoms with Crippen LogP contribution in [0.3, 0.4) is 0 Å². The predicted molar refractivity (Wildman–Crippen MR) is 162 cm³/mol. The van der Waals surface area contributed by atoms with Gasteiger partial charge in [0.25, 0.3) is 0 Å². The van der Waals surface area contributed by atoms with Gasteiger partial charge in [0.1, 0.15) is 23.0 Å². The summed E-state index contributed by atoms with van der Waals surface area (Å²) in [4.78, 5) is 43.9. The number of aromatic nitrogens is 4. The van der Waals surface area contributed by atoms with Crippen molar-refractivity contribution in [3.63, 3.8) is 0 Å². The van der Waals surface area contributed by atoms with Crippen LogP contribution in [0.2, 0.25) is 5.15 Å². The fourth-order valence-electron chi connectivity index (χ4n) is 5.44. The molecule has 2 aliphatic heterocycles. The van der Waals surface area contributed by atoms with Crippen LogP contribution in [0.15, 0.2) is 67.3 Å². The lowest BCUT2D eigenvalue weighted by atomic mass is 10.0. The van der Waals surface area contributed by atoms with Crippen LogP contribution in [0.25, 0.3) is 5.95 Å². The molecule has 1 N–H and O–H groups in total. The largest absolute Gasteiger partial charge is 0.497 e. The highest BCUT2D eigenvalue weighted by Crippen LogP contribution is 2.33. The number of rotatable bonds is 9. The number of hydrogen-bond acceptors (Lipinski definition) is 9. The van der Waals surface area contributed by atoms with Crippen molar-refractivity contribution >= 4 is 29.2 Å². The summed E-state index contributed by atoms with van der Waals surface area (Å²) in [5, 5.41) is 3.36. The number of fused-ring (bicyclic) bond motifs is 1. The number of piperazine rings is 1. The smallest absolute Gasteiger partial charge is 0.238 e. The molecular formula is C31H32ClN7O5. The summed E-state index contributed by atoms with van der Waals surface area (Å²) in [5.41, 5.74) is 1.75. The molecule has 0 bridgehead atoms. The third-order valence-electron chi connectivity index (χ3n) is 7.72. The summed E-state index contributed by atoms with van der Waals surface area (Å²) in [5.74, 6) is 2.75. The lowest BCUT2D eigenvalue weighted by molar-refractivity contribution is -0.132. The van der Waals surface area contributed by atoms with Crippen LogP contribution in [-0.2, 0) is 16.0 Å². The van der Waals surface area contributed by atoms with Gasteiger partial charge in [-0.25, -0.2) is 9.97 Å². The van der Waals surface area contributed by atoms with Crippen molar-refractivity contribution in [2.24, 2.45) is 0 Å². The second-order valence-corrected chi connectivity index (χ2v) is 11.0. The van der Waals surface area contributed by atoms with Gasteiger partial charge in [0.2, 0.25) is 24.6 Å². The molecule has 2 amide bonds. The van der Waals surface area contributed by atoms with Crippen molar-refractivity contribution in [1.82, 2.24) is 29.7 Å². The zero-order chi connectivity index (χ0) is 30.6. The minimum atomic E-state index is -0.372. The van der Waals surface area contributed by atoms with E-state index in [-0.39, 0.29) is 48.7 Å². The van der Waals surface area contributed by atoms with Gasteiger partial charge < -0.3 is 29.3 Å². The molecule has 4 aromatic rings. The second kappa shape index (κ2) is 12.8. The Bertz CT molecular complexity index is 1650. The number of benzene rings is 2. The zero-order valence-electron chi connectivity index (χ0n) is 24.4. The molecule has 13 heteroatoms. The minimum absolute atomic E-state index is 0.0431. The molecule has 6 rings (SSSR count). The van der Waals surface area contributed by atoms with Crippen LogP contribution in [-0.4, -0.2) is 75.8 Å². The molecule has 0 aliphatic carbocycles. The minimum Gasteiger partial charge on any atom is -0.497 e. The summed E-state index contributed by atoms with van der Waals surface area (Å²) < 4.78 is 17.9. The number of halogens is 1. The van der Waals surface area contributed by atoms with Gasteiger partial charge in [0.05, 0.1) is 25.6 Å². The van der Waals surface area contributed by atoms with Gasteiger partial charge in [-0.1, -0.05) is 29.8 Å². The topological polar surface area (TPSA) is 124 Å². The van der Waals surface area contributed by atoms with Crippen molar-refractivity contribution in [2.45, 2.75) is 31.8 Å². The Kier molecular flexibility index (Phi) is 8.51. The van der Waals surface area contributed by atoms with E-state index in [1.165, 1.54) is 0 Å². The maximum absolute atomic E-state index is 13.5. The van der Waals surface area contributed by atoms with Gasteiger partial charge in [-0.05, 0) is 42.3 Å². The van der Waals surface area contributed by atoms with E-state index in [0.717, 1.165) is 11.1 Å². The first-order valence-electron chi connectivity index (χ1n) is 14.3. The Morgan fingerprint density at radius 2 is 1.98 bits per heavy atom. The fraction of sp³-hybridized carbons (Fsp3) is 0.323. The number of amides is 2. The van der Waals surface area contributed by atoms with E-state index >= 15 is 0 Å². The molecule has 0 saturated carbocycles. The highest BCUT2D eigenvalue weighted by atomic mass is 35.5. The first-order chi connectivity index (χ1) is 21.4. The predicted octanol–water partition coefficient (Wildman–Crippen LogP) is 3.58. The lowest BCUT2D eigenvalue weighted by Gasteiger charge is -2.42. The molecule has 12 nitrogen and oxygen atoms in total. The van der Waals surface area contributed by atoms with Crippen LogP contribution in [0.5, 0.6) is 17.2 Å². The van der Waals surface area contributed by atoms with Crippen molar-refractivity contribution in [2.75, 3.05) is 38.4 Å². The summed E-state index contributed by atoms with van der Waals surface area (Å²) in [6.07, 6.45) is 5.28. The third kappa shape index (κ3) is 6.55. The average molecular weight is 618 g/mol. The molecular weight excluding hydrogens is 586 g/mol. The van der Waals surface area contributed by atoms with Crippen LogP contribution in [0.1, 0.15) is 30.5 Å². The standard InChI is InChI=1S/C31H32ClN7O5/c1-20(22-4-3-5-24(14-22)42-2)34-29(40)15-23-17-37(30(41)13-21-6-7-25-26(12-21)44-19-43-25)10-11-39(23)28-16-27(32)35-31(36-28)38-9-8-33-18-38/h3-9,12,14,16,18,20,23H,10-11,13,15,17,19H2,1-2H3,(H,34,40). The SMILES string of the molecule is COc1cccc(C(C)NC(=O)CC2CN(C(=O)Cc3ccc4c(c3)OCO4)CCN2c2cc(Cl)nc(-n3ccnc3)n2)c1. The van der Waals surface area contributed by atoms with Gasteiger partial charge in [-0.2, -0.15) is 4.98 Å². The number of carbonyl (C=O) groups is 2. The Morgan fingerprint density at radius 3 is 2.80 bits per heavy atom. The van der Waals surface area contributed by atoms with Gasteiger partial charge in [0, 0.05) is 44.5 Å². The number of nitrogens with one attached hydrogen (secondary N) is 1. The van der Waals surface area contributed by atoms with Gasteiger partial charge in [0.15, 0.2) is 11.5 Å². The van der Waals surface area contributed by atoms with Crippen LogP contribution < -0.4 is 24.4 Å². The highest BCUT2D eigenvalue weighted by Gasteiger charge is 2.33. The van der Waals surface area contributed by atoms with Crippen molar-refractivity contribution < 1.29 is 23.8 Å². The molecule has 2 aromatic carbocycles. The quantitative estimate of drug-likeness (QED) is 0.281. The number of hydrogen-bond donors (Lipinski definition) is 1. The normalized spacial score (nSPS) is 16.5. The zero-order valence-corrected chi connectivity index (χ0v) is 25.1. The van der Waals surface area contributed by atoms with E-state index in [4.69, 9.17) is 30.8 Å². The van der Waals surface area contributed by atoms with Gasteiger partial charge in [-0.15, -0.1) is 0 Å². The maximum atomic E-state index is 13.5. The van der Waals surface area contributed by atoms with E-state index in [1.54, 1.807) is 41.4 Å². The van der Waals surface area contributed by atoms with E-state index < -0.39 is 0 Å². The summed E-state index contributed by atoms with van der Waals surface area (Å²) in [7, 11) is 1.61. The number of imidazole rings is 1. The van der Waals surface area contributed by atoms with Crippen LogP contribution in [0, 0.1) is 0 Å². The molecule has 2 aromatic heterocycles.